The van der Waals surface area contributed by atoms with Crippen LogP contribution in [0, 0.1) is 46.5 Å². The molecule has 0 unspecified atom stereocenters. The zero-order chi connectivity index (χ0) is 24.9. The summed E-state index contributed by atoms with van der Waals surface area (Å²) in [7, 11) is 0.746. The number of amides is 1. The number of para-hydroxylation sites is 2. The first-order chi connectivity index (χ1) is 16.1. The van der Waals surface area contributed by atoms with Crippen molar-refractivity contribution in [3.63, 3.8) is 0 Å². The molecule has 0 saturated heterocycles. The molecule has 0 saturated carbocycles. The van der Waals surface area contributed by atoms with E-state index in [-0.39, 0.29) is 11.1 Å². The van der Waals surface area contributed by atoms with Crippen LogP contribution >= 0.6 is 0 Å². The molecule has 0 radical (unpaired) electrons. The zero-order valence-electron chi connectivity index (χ0n) is 16.5. The van der Waals surface area contributed by atoms with E-state index in [1.807, 2.05) is 0 Å². The molecular formula is C21H8F8N2O3. The quantitative estimate of drug-likeness (QED) is 0.222. The van der Waals surface area contributed by atoms with E-state index in [9.17, 15) is 35.5 Å². The van der Waals surface area contributed by atoms with Crippen molar-refractivity contribution in [2.24, 2.45) is 0 Å². The maximum Gasteiger partial charge on any atom is 0.261 e. The molecule has 34 heavy (non-hydrogen) atoms. The number of ether oxygens (including phenoxy) is 1. The van der Waals surface area contributed by atoms with E-state index in [1.165, 1.54) is 29.6 Å². The summed E-state index contributed by atoms with van der Waals surface area (Å²) in [6, 6.07) is 5.76. The van der Waals surface area contributed by atoms with E-state index in [2.05, 4.69) is 9.72 Å². The summed E-state index contributed by atoms with van der Waals surface area (Å²) in [5.74, 6) is -22.2. The molecule has 0 fully saturated rings. The molecule has 1 amide bonds. The van der Waals surface area contributed by atoms with Crippen LogP contribution in [0.5, 0.6) is 5.75 Å². The van der Waals surface area contributed by atoms with Crippen LogP contribution in [0.3, 0.4) is 0 Å². The monoisotopic (exact) mass is 488 g/mol. The average molecular weight is 488 g/mol. The highest BCUT2D eigenvalue weighted by Gasteiger charge is 2.34. The van der Waals surface area contributed by atoms with Crippen LogP contribution in [0.4, 0.5) is 40.8 Å². The largest absolute Gasteiger partial charge is 0.491 e. The highest BCUT2D eigenvalue weighted by atomic mass is 19.2. The maximum absolute atomic E-state index is 15.0. The molecule has 176 valence electrons. The van der Waals surface area contributed by atoms with Crippen molar-refractivity contribution in [1.82, 2.24) is 4.98 Å². The maximum atomic E-state index is 15.0. The number of rotatable bonds is 4. The van der Waals surface area contributed by atoms with Crippen LogP contribution in [0.2, 0.25) is 0 Å². The second kappa shape index (κ2) is 8.32. The summed E-state index contributed by atoms with van der Waals surface area (Å²) in [6.45, 7) is 0. The first kappa shape index (κ1) is 23.0. The van der Waals surface area contributed by atoms with Gasteiger partial charge in [0.25, 0.3) is 5.91 Å². The number of carbonyl (C=O) groups excluding carboxylic acids is 1. The minimum absolute atomic E-state index is 0.0329. The second-order valence-corrected chi connectivity index (χ2v) is 6.61. The Morgan fingerprint density at radius 3 is 2.00 bits per heavy atom. The molecule has 0 aliphatic rings. The van der Waals surface area contributed by atoms with Gasteiger partial charge in [-0.1, -0.05) is 12.1 Å². The van der Waals surface area contributed by atoms with Gasteiger partial charge in [0, 0.05) is 0 Å². The number of hydrogen-bond acceptors (Lipinski definition) is 4. The van der Waals surface area contributed by atoms with Crippen molar-refractivity contribution in [3.8, 4) is 17.2 Å². The van der Waals surface area contributed by atoms with E-state index < -0.39 is 80.9 Å². The van der Waals surface area contributed by atoms with E-state index in [1.54, 1.807) is 0 Å². The predicted molar refractivity (Wildman–Crippen MR) is 100 cm³/mol. The normalized spacial score (nSPS) is 11.2. The van der Waals surface area contributed by atoms with Crippen LogP contribution < -0.4 is 10.1 Å². The third-order valence-electron chi connectivity index (χ3n) is 4.67. The number of fused-ring (bicyclic) bond motifs is 1. The van der Waals surface area contributed by atoms with E-state index in [4.69, 9.17) is 4.42 Å². The van der Waals surface area contributed by atoms with Gasteiger partial charge in [-0.05, 0) is 12.1 Å². The number of anilines is 1. The van der Waals surface area contributed by atoms with Gasteiger partial charge in [0.2, 0.25) is 17.5 Å². The zero-order valence-corrected chi connectivity index (χ0v) is 16.5. The molecule has 1 N–H and O–H groups in total. The van der Waals surface area contributed by atoms with Gasteiger partial charge in [-0.2, -0.15) is 4.39 Å². The average Bonchev–Trinajstić information content (AvgIpc) is 3.24. The van der Waals surface area contributed by atoms with Gasteiger partial charge in [-0.15, -0.1) is 0 Å². The molecule has 0 spiro atoms. The third kappa shape index (κ3) is 3.40. The number of halogens is 8. The first-order valence-electron chi connectivity index (χ1n) is 9.01. The van der Waals surface area contributed by atoms with Crippen molar-refractivity contribution >= 4 is 22.7 Å². The van der Waals surface area contributed by atoms with Gasteiger partial charge < -0.3 is 14.5 Å². The van der Waals surface area contributed by atoms with Gasteiger partial charge >= 0.3 is 0 Å². The summed E-state index contributed by atoms with van der Waals surface area (Å²) in [5, 5.41) is 1.50. The van der Waals surface area contributed by atoms with Crippen LogP contribution in [0.15, 0.2) is 28.7 Å². The van der Waals surface area contributed by atoms with Gasteiger partial charge in [-0.25, -0.2) is 35.7 Å². The number of aromatic nitrogens is 1. The number of nitrogens with zero attached hydrogens (tertiary/aromatic N) is 1. The molecule has 0 bridgehead atoms. The van der Waals surface area contributed by atoms with Gasteiger partial charge in [0.05, 0.1) is 12.8 Å². The molecule has 13 heteroatoms. The number of benzene rings is 3. The molecule has 4 aromatic rings. The molecule has 3 aromatic carbocycles. The first-order valence-corrected chi connectivity index (χ1v) is 9.01. The highest BCUT2D eigenvalue weighted by Crippen LogP contribution is 2.41. The molecule has 5 nitrogen and oxygen atoms in total. The van der Waals surface area contributed by atoms with Crippen LogP contribution in [0.25, 0.3) is 22.6 Å². The topological polar surface area (TPSA) is 64.4 Å². The van der Waals surface area contributed by atoms with Crippen LogP contribution in [-0.4, -0.2) is 18.0 Å². The lowest BCUT2D eigenvalue weighted by molar-refractivity contribution is 0.101. The summed E-state index contributed by atoms with van der Waals surface area (Å²) < 4.78 is 122. The second-order valence-electron chi connectivity index (χ2n) is 6.61. The van der Waals surface area contributed by atoms with Crippen molar-refractivity contribution in [2.45, 2.75) is 0 Å². The molecule has 0 aliphatic carbocycles. The van der Waals surface area contributed by atoms with Crippen molar-refractivity contribution in [1.29, 1.82) is 0 Å². The minimum atomic E-state index is -2.54. The molecule has 0 atom stereocenters. The molecular weight excluding hydrogens is 480 g/mol. The van der Waals surface area contributed by atoms with Crippen molar-refractivity contribution in [2.75, 3.05) is 12.4 Å². The molecule has 0 aliphatic heterocycles. The summed E-state index contributed by atoms with van der Waals surface area (Å²) in [5.41, 5.74) is -4.31. The van der Waals surface area contributed by atoms with Gasteiger partial charge in [0.1, 0.15) is 16.6 Å². The SMILES string of the molecule is COc1c(F)c(F)c(-c2nc3ccccc3o2)c(NC(=O)c2c(F)c(F)c(F)c(F)c2F)c1F. The Balaban J connectivity index is 1.95. The summed E-state index contributed by atoms with van der Waals surface area (Å²) in [6.07, 6.45) is 0. The highest BCUT2D eigenvalue weighted by molar-refractivity contribution is 6.07. The van der Waals surface area contributed by atoms with E-state index in [0.717, 1.165) is 7.11 Å². The Hall–Kier alpha value is -4.16. The molecule has 4 rings (SSSR count). The van der Waals surface area contributed by atoms with E-state index >= 15 is 4.39 Å². The number of methoxy groups -OCH3 is 1. The fourth-order valence-corrected chi connectivity index (χ4v) is 3.10. The fourth-order valence-electron chi connectivity index (χ4n) is 3.10. The predicted octanol–water partition coefficient (Wildman–Crippen LogP) is 5.87. The van der Waals surface area contributed by atoms with Crippen LogP contribution in [-0.2, 0) is 0 Å². The Morgan fingerprint density at radius 1 is 0.824 bits per heavy atom. The fraction of sp³-hybridized carbons (Fsp3) is 0.0476. The Morgan fingerprint density at radius 2 is 1.41 bits per heavy atom. The smallest absolute Gasteiger partial charge is 0.261 e. The van der Waals surface area contributed by atoms with Crippen molar-refractivity contribution in [3.05, 3.63) is 76.4 Å². The van der Waals surface area contributed by atoms with Gasteiger partial charge in [0.15, 0.2) is 46.2 Å². The number of hydrogen-bond donors (Lipinski definition) is 1. The number of oxazole rings is 1. The lowest BCUT2D eigenvalue weighted by atomic mass is 10.1. The number of nitrogens with one attached hydrogen (secondary N) is 1. The van der Waals surface area contributed by atoms with Crippen LogP contribution in [0.1, 0.15) is 10.4 Å². The lowest BCUT2D eigenvalue weighted by Gasteiger charge is -2.15. The lowest BCUT2D eigenvalue weighted by Crippen LogP contribution is -2.21. The third-order valence-corrected chi connectivity index (χ3v) is 4.67. The van der Waals surface area contributed by atoms with Crippen molar-refractivity contribution < 1.29 is 49.1 Å². The standard InChI is InChI=1S/C21H8F8N2O3/c1-33-19-16(28)12(24)9(21-30-6-4-2-3-5-7(6)34-21)18(17(19)29)31-20(32)8-10(22)13(25)15(27)14(26)11(8)23/h2-5H,1H3,(H,31,32). The Labute approximate surface area is 183 Å². The summed E-state index contributed by atoms with van der Waals surface area (Å²) >= 11 is 0. The van der Waals surface area contributed by atoms with E-state index in [0.29, 0.717) is 0 Å². The molecule has 1 heterocycles. The molecule has 1 aromatic heterocycles. The van der Waals surface area contributed by atoms with Gasteiger partial charge in [-0.3, -0.25) is 4.79 Å². The minimum Gasteiger partial charge on any atom is -0.491 e. The number of carbonyl (C=O) groups is 1. The summed E-state index contributed by atoms with van der Waals surface area (Å²) in [4.78, 5) is 16.3. The Kier molecular flexibility index (Phi) is 5.63. The Bertz CT molecular complexity index is 1420.